The number of pyridine rings is 1. The van der Waals surface area contributed by atoms with Crippen molar-refractivity contribution >= 4 is 23.1 Å². The highest BCUT2D eigenvalue weighted by Gasteiger charge is 2.14. The van der Waals surface area contributed by atoms with E-state index in [9.17, 15) is 0 Å². The Morgan fingerprint density at radius 2 is 2.00 bits per heavy atom. The minimum atomic E-state index is -0.577. The largest absolute Gasteiger partial charge is 0.497 e. The average Bonchev–Trinajstić information content (AvgIpc) is 3.53. The van der Waals surface area contributed by atoms with Crippen LogP contribution in [-0.2, 0) is 13.6 Å². The number of halogens is 1. The average molecular weight is 476 g/mol. The second-order valence-corrected chi connectivity index (χ2v) is 7.69. The highest BCUT2D eigenvalue weighted by atomic mass is 19.1. The van der Waals surface area contributed by atoms with Gasteiger partial charge in [-0.25, -0.2) is 14.4 Å². The number of aryl methyl sites for hydroxylation is 1. The molecule has 0 saturated carbocycles. The molecular weight excluding hydrogens is 449 g/mol. The number of benzene rings is 1. The van der Waals surface area contributed by atoms with E-state index >= 15 is 4.39 Å². The molecule has 0 bridgehead atoms. The highest BCUT2D eigenvalue weighted by molar-refractivity contribution is 5.81. The zero-order chi connectivity index (χ0) is 23.7. The Morgan fingerprint density at radius 3 is 2.69 bits per heavy atom. The molecule has 4 heterocycles. The second-order valence-electron chi connectivity index (χ2n) is 7.69. The lowest BCUT2D eigenvalue weighted by Crippen LogP contribution is -2.23. The van der Waals surface area contributed by atoms with Crippen LogP contribution in [0, 0.1) is 5.82 Å². The summed E-state index contributed by atoms with van der Waals surface area (Å²) in [5.41, 5.74) is 4.41. The van der Waals surface area contributed by atoms with Crippen LogP contribution < -0.4 is 15.0 Å². The molecule has 35 heavy (non-hydrogen) atoms. The van der Waals surface area contributed by atoms with E-state index in [0.29, 0.717) is 41.2 Å². The van der Waals surface area contributed by atoms with E-state index < -0.39 is 5.82 Å². The topological polar surface area (TPSA) is 91.7 Å². The molecule has 0 fully saturated rings. The fourth-order valence-corrected chi connectivity index (χ4v) is 3.71. The normalized spacial score (nSPS) is 13.1. The van der Waals surface area contributed by atoms with Crippen molar-refractivity contribution in [2.45, 2.75) is 14.0 Å². The molecule has 0 unspecified atom stereocenters. The van der Waals surface area contributed by atoms with Gasteiger partial charge in [-0.05, 0) is 17.7 Å². The fraction of sp³-hybridized carbons (Fsp3) is 0.240. The molecule has 10 heteroatoms. The van der Waals surface area contributed by atoms with E-state index in [2.05, 4.69) is 20.1 Å². The Morgan fingerprint density at radius 1 is 1.14 bits per heavy atom. The Kier molecular flexibility index (Phi) is 6.72. The van der Waals surface area contributed by atoms with Gasteiger partial charge in [0.2, 0.25) is 0 Å². The molecule has 9 nitrogen and oxygen atoms in total. The molecule has 180 valence electrons. The molecule has 0 N–H and O–H groups in total. The summed E-state index contributed by atoms with van der Waals surface area (Å²) in [4.78, 5) is 18.4. The van der Waals surface area contributed by atoms with Crippen molar-refractivity contribution in [2.24, 2.45) is 17.0 Å². The van der Waals surface area contributed by atoms with Crippen molar-refractivity contribution in [2.75, 3.05) is 20.8 Å². The van der Waals surface area contributed by atoms with Gasteiger partial charge in [0.05, 0.1) is 45.4 Å². The van der Waals surface area contributed by atoms with Crippen LogP contribution >= 0.6 is 0 Å². The van der Waals surface area contributed by atoms with Crippen LogP contribution in [0.1, 0.15) is 7.43 Å². The third-order valence-corrected chi connectivity index (χ3v) is 5.45. The monoisotopic (exact) mass is 475 g/mol. The van der Waals surface area contributed by atoms with Crippen LogP contribution in [-0.4, -0.2) is 51.3 Å². The molecule has 0 amide bonds. The predicted octanol–water partition coefficient (Wildman–Crippen LogP) is 3.87. The number of hydrogen-bond acceptors (Lipinski definition) is 7. The SMILES string of the molecule is C.COc1cc(N=c2ccc3ncc(-c4cnn(C)c4)nc3n2CC2=CCN=C2)c(F)c(OC)c1. The van der Waals surface area contributed by atoms with Crippen molar-refractivity contribution in [3.05, 3.63) is 65.8 Å². The van der Waals surface area contributed by atoms with Gasteiger partial charge in [-0.1, -0.05) is 13.5 Å². The third kappa shape index (κ3) is 4.68. The van der Waals surface area contributed by atoms with Gasteiger partial charge in [-0.2, -0.15) is 5.10 Å². The van der Waals surface area contributed by atoms with Gasteiger partial charge in [-0.15, -0.1) is 0 Å². The first-order valence-corrected chi connectivity index (χ1v) is 10.6. The van der Waals surface area contributed by atoms with Crippen molar-refractivity contribution in [1.82, 2.24) is 24.3 Å². The van der Waals surface area contributed by atoms with Crippen molar-refractivity contribution in [1.29, 1.82) is 0 Å². The van der Waals surface area contributed by atoms with Crippen molar-refractivity contribution < 1.29 is 13.9 Å². The first-order chi connectivity index (χ1) is 16.6. The van der Waals surface area contributed by atoms with Crippen LogP contribution in [0.2, 0.25) is 0 Å². The maximum Gasteiger partial charge on any atom is 0.190 e. The van der Waals surface area contributed by atoms with Crippen LogP contribution in [0.25, 0.3) is 22.4 Å². The zero-order valence-corrected chi connectivity index (χ0v) is 18.9. The van der Waals surface area contributed by atoms with E-state index in [4.69, 9.17) is 14.5 Å². The standard InChI is InChI=1S/C24H22FN7O2.CH4/c1-31-14-16(11-28-31)20-12-27-18-4-5-22(32(24(18)30-20)13-15-6-7-26-10-15)29-19-8-17(33-2)9-21(34-3)23(19)25;/h4-6,8-12,14H,7,13H2,1-3H3;1H4. The molecule has 0 saturated heterocycles. The summed E-state index contributed by atoms with van der Waals surface area (Å²) in [5.74, 6) is -0.0878. The van der Waals surface area contributed by atoms with Crippen LogP contribution in [0.15, 0.2) is 64.5 Å². The smallest absolute Gasteiger partial charge is 0.190 e. The number of aromatic nitrogens is 5. The minimum absolute atomic E-state index is 0. The van der Waals surface area contributed by atoms with E-state index in [-0.39, 0.29) is 18.9 Å². The molecule has 0 aliphatic carbocycles. The summed E-state index contributed by atoms with van der Waals surface area (Å²) in [7, 11) is 4.76. The van der Waals surface area contributed by atoms with Gasteiger partial charge in [0.25, 0.3) is 0 Å². The lowest BCUT2D eigenvalue weighted by atomic mass is 10.2. The third-order valence-electron chi connectivity index (χ3n) is 5.45. The maximum atomic E-state index is 15.1. The van der Waals surface area contributed by atoms with Crippen LogP contribution in [0.4, 0.5) is 10.1 Å². The Bertz CT molecular complexity index is 1520. The molecule has 1 aromatic carbocycles. The number of nitrogens with zero attached hydrogens (tertiary/aromatic N) is 7. The molecule has 5 rings (SSSR count). The Hall–Kier alpha value is -4.34. The first-order valence-electron chi connectivity index (χ1n) is 10.6. The number of ether oxygens (including phenoxy) is 2. The summed E-state index contributed by atoms with van der Waals surface area (Å²) < 4.78 is 29.1. The van der Waals surface area contributed by atoms with Gasteiger partial charge in [-0.3, -0.25) is 14.7 Å². The van der Waals surface area contributed by atoms with Crippen molar-refractivity contribution in [3.63, 3.8) is 0 Å². The number of allylic oxidation sites excluding steroid dienone is 1. The number of aliphatic imine (C=N–C) groups is 1. The molecule has 1 aliphatic rings. The molecule has 1 aliphatic heterocycles. The van der Waals surface area contributed by atoms with E-state index in [1.54, 1.807) is 23.1 Å². The molecule has 0 atom stereocenters. The van der Waals surface area contributed by atoms with Crippen molar-refractivity contribution in [3.8, 4) is 22.8 Å². The molecule has 0 spiro atoms. The van der Waals surface area contributed by atoms with E-state index in [1.165, 1.54) is 26.4 Å². The van der Waals surface area contributed by atoms with Gasteiger partial charge in [0.1, 0.15) is 22.4 Å². The Balaban J connectivity index is 0.00000289. The summed E-state index contributed by atoms with van der Waals surface area (Å²) >= 11 is 0. The van der Waals surface area contributed by atoms with Crippen LogP contribution in [0.3, 0.4) is 0 Å². The van der Waals surface area contributed by atoms with Gasteiger partial charge >= 0.3 is 0 Å². The molecule has 4 aromatic rings. The molecule has 0 radical (unpaired) electrons. The van der Waals surface area contributed by atoms with Gasteiger partial charge < -0.3 is 14.0 Å². The van der Waals surface area contributed by atoms with Gasteiger partial charge in [0.15, 0.2) is 17.2 Å². The quantitative estimate of drug-likeness (QED) is 0.422. The Labute approximate surface area is 201 Å². The zero-order valence-electron chi connectivity index (χ0n) is 18.9. The summed E-state index contributed by atoms with van der Waals surface area (Å²) in [6, 6.07) is 6.62. The lowest BCUT2D eigenvalue weighted by Gasteiger charge is -2.13. The van der Waals surface area contributed by atoms with Gasteiger partial charge in [0, 0.05) is 37.2 Å². The predicted molar refractivity (Wildman–Crippen MR) is 133 cm³/mol. The minimum Gasteiger partial charge on any atom is -0.497 e. The number of rotatable bonds is 6. The van der Waals surface area contributed by atoms with E-state index in [0.717, 1.165) is 11.1 Å². The summed E-state index contributed by atoms with van der Waals surface area (Å²) in [6.45, 7) is 1.08. The fourth-order valence-electron chi connectivity index (χ4n) is 3.71. The summed E-state index contributed by atoms with van der Waals surface area (Å²) in [6.07, 6.45) is 9.17. The molecule has 3 aromatic heterocycles. The summed E-state index contributed by atoms with van der Waals surface area (Å²) in [5, 5.41) is 4.23. The maximum absolute atomic E-state index is 15.1. The molecular formula is C25H26FN7O2. The lowest BCUT2D eigenvalue weighted by molar-refractivity contribution is 0.374. The van der Waals surface area contributed by atoms with Crippen LogP contribution in [0.5, 0.6) is 11.5 Å². The van der Waals surface area contributed by atoms with E-state index in [1.807, 2.05) is 36.2 Å². The number of methoxy groups -OCH3 is 2. The first kappa shape index (κ1) is 23.8. The second kappa shape index (κ2) is 9.88. The number of hydrogen-bond donors (Lipinski definition) is 0. The number of fused-ring (bicyclic) bond motifs is 1. The highest BCUT2D eigenvalue weighted by Crippen LogP contribution is 2.32.